The minimum atomic E-state index is -4.58. The fourth-order valence-electron chi connectivity index (χ4n) is 1.12. The molecular formula is C9H7BrF3NO. The molecule has 0 radical (unpaired) electrons. The number of alkyl halides is 3. The van der Waals surface area contributed by atoms with Crippen molar-refractivity contribution < 1.29 is 18.0 Å². The van der Waals surface area contributed by atoms with Crippen molar-refractivity contribution >= 4 is 21.8 Å². The Labute approximate surface area is 92.4 Å². The van der Waals surface area contributed by atoms with Crippen molar-refractivity contribution in [2.45, 2.75) is 13.1 Å². The quantitative estimate of drug-likeness (QED) is 0.845. The van der Waals surface area contributed by atoms with Crippen LogP contribution in [0.25, 0.3) is 0 Å². The van der Waals surface area contributed by atoms with E-state index in [1.165, 1.54) is 0 Å². The van der Waals surface area contributed by atoms with Crippen LogP contribution in [0.15, 0.2) is 16.6 Å². The van der Waals surface area contributed by atoms with Gasteiger partial charge < -0.3 is 5.73 Å². The van der Waals surface area contributed by atoms with Crippen molar-refractivity contribution in [1.82, 2.24) is 0 Å². The normalized spacial score (nSPS) is 11.5. The molecule has 2 nitrogen and oxygen atoms in total. The smallest absolute Gasteiger partial charge is 0.366 e. The zero-order chi connectivity index (χ0) is 11.8. The Balaban J connectivity index is 3.49. The molecule has 0 fully saturated rings. The third kappa shape index (κ3) is 2.50. The summed E-state index contributed by atoms with van der Waals surface area (Å²) in [5.41, 5.74) is 3.87. The standard InChI is InChI=1S/C9H7BrF3NO/c1-4-2-5(8(14)15)6(3-7(4)10)9(11,12)13/h2-3H,1H3,(H2,14,15). The lowest BCUT2D eigenvalue weighted by Gasteiger charge is -2.12. The predicted molar refractivity (Wildman–Crippen MR) is 52.4 cm³/mol. The largest absolute Gasteiger partial charge is 0.417 e. The molecule has 6 heteroatoms. The van der Waals surface area contributed by atoms with Crippen molar-refractivity contribution in [3.05, 3.63) is 33.3 Å². The SMILES string of the molecule is Cc1cc(C(N)=O)c(C(F)(F)F)cc1Br. The van der Waals surface area contributed by atoms with E-state index in [1.807, 2.05) is 0 Å². The molecule has 0 aliphatic carbocycles. The van der Waals surface area contributed by atoms with Crippen LogP contribution in [-0.4, -0.2) is 5.91 Å². The van der Waals surface area contributed by atoms with E-state index in [2.05, 4.69) is 15.9 Å². The number of rotatable bonds is 1. The lowest BCUT2D eigenvalue weighted by Crippen LogP contribution is -2.19. The molecule has 1 aromatic carbocycles. The fraction of sp³-hybridized carbons (Fsp3) is 0.222. The van der Waals surface area contributed by atoms with Gasteiger partial charge in [-0.25, -0.2) is 0 Å². The maximum Gasteiger partial charge on any atom is 0.417 e. The molecule has 0 aromatic heterocycles. The zero-order valence-corrected chi connectivity index (χ0v) is 9.24. The van der Waals surface area contributed by atoms with E-state index in [1.54, 1.807) is 6.92 Å². The number of halogens is 4. The minimum Gasteiger partial charge on any atom is -0.366 e. The van der Waals surface area contributed by atoms with Gasteiger partial charge in [0.15, 0.2) is 0 Å². The van der Waals surface area contributed by atoms with E-state index in [-0.39, 0.29) is 0 Å². The molecule has 0 aliphatic heterocycles. The lowest BCUT2D eigenvalue weighted by molar-refractivity contribution is -0.138. The van der Waals surface area contributed by atoms with Gasteiger partial charge in [0, 0.05) is 4.47 Å². The first-order valence-corrected chi connectivity index (χ1v) is 4.70. The van der Waals surface area contributed by atoms with Crippen molar-refractivity contribution in [1.29, 1.82) is 0 Å². The Hall–Kier alpha value is -1.04. The maximum atomic E-state index is 12.5. The van der Waals surface area contributed by atoms with Gasteiger partial charge >= 0.3 is 6.18 Å². The molecule has 0 saturated heterocycles. The molecule has 2 N–H and O–H groups in total. The third-order valence-electron chi connectivity index (χ3n) is 1.87. The number of carbonyl (C=O) groups excluding carboxylic acids is 1. The van der Waals surface area contributed by atoms with Gasteiger partial charge in [0.25, 0.3) is 0 Å². The molecule has 1 rings (SSSR count). The van der Waals surface area contributed by atoms with E-state index in [9.17, 15) is 18.0 Å². The number of amides is 1. The molecule has 0 saturated carbocycles. The first kappa shape index (κ1) is 12.0. The molecule has 0 unspecified atom stereocenters. The summed E-state index contributed by atoms with van der Waals surface area (Å²) in [6.45, 7) is 1.58. The van der Waals surface area contributed by atoms with Crippen LogP contribution in [0.2, 0.25) is 0 Å². The highest BCUT2D eigenvalue weighted by Crippen LogP contribution is 2.34. The van der Waals surface area contributed by atoms with Crippen LogP contribution in [-0.2, 0) is 6.18 Å². The summed E-state index contributed by atoms with van der Waals surface area (Å²) < 4.78 is 37.8. The van der Waals surface area contributed by atoms with E-state index < -0.39 is 23.2 Å². The van der Waals surface area contributed by atoms with Gasteiger partial charge in [-0.05, 0) is 24.6 Å². The number of hydrogen-bond acceptors (Lipinski definition) is 1. The number of primary amides is 1. The van der Waals surface area contributed by atoms with Gasteiger partial charge in [-0.3, -0.25) is 4.79 Å². The Bertz CT molecular complexity index is 415. The van der Waals surface area contributed by atoms with Gasteiger partial charge in [-0.1, -0.05) is 15.9 Å². The third-order valence-corrected chi connectivity index (χ3v) is 2.72. The Morgan fingerprint density at radius 1 is 1.40 bits per heavy atom. The molecule has 0 spiro atoms. The lowest BCUT2D eigenvalue weighted by atomic mass is 10.0. The van der Waals surface area contributed by atoms with Crippen LogP contribution in [0.4, 0.5) is 13.2 Å². The summed E-state index contributed by atoms with van der Waals surface area (Å²) in [5, 5.41) is 0. The molecule has 0 heterocycles. The topological polar surface area (TPSA) is 43.1 Å². The van der Waals surface area contributed by atoms with Crippen LogP contribution in [0, 0.1) is 6.92 Å². The van der Waals surface area contributed by atoms with Gasteiger partial charge in [0.2, 0.25) is 5.91 Å². The number of benzene rings is 1. The predicted octanol–water partition coefficient (Wildman–Crippen LogP) is 2.88. The van der Waals surface area contributed by atoms with Crippen LogP contribution in [0.1, 0.15) is 21.5 Å². The average molecular weight is 282 g/mol. The molecule has 0 aliphatic rings. The first-order valence-electron chi connectivity index (χ1n) is 3.90. The molecule has 1 amide bonds. The molecule has 15 heavy (non-hydrogen) atoms. The highest BCUT2D eigenvalue weighted by atomic mass is 79.9. The van der Waals surface area contributed by atoms with Crippen LogP contribution >= 0.6 is 15.9 Å². The van der Waals surface area contributed by atoms with Crippen molar-refractivity contribution in [3.8, 4) is 0 Å². The highest BCUT2D eigenvalue weighted by molar-refractivity contribution is 9.10. The summed E-state index contributed by atoms with van der Waals surface area (Å²) in [6.07, 6.45) is -4.58. The number of carbonyl (C=O) groups is 1. The second kappa shape index (κ2) is 3.84. The zero-order valence-electron chi connectivity index (χ0n) is 7.65. The van der Waals surface area contributed by atoms with Crippen LogP contribution < -0.4 is 5.73 Å². The van der Waals surface area contributed by atoms with Gasteiger partial charge in [0.05, 0.1) is 11.1 Å². The van der Waals surface area contributed by atoms with Gasteiger partial charge in [-0.2, -0.15) is 13.2 Å². The summed E-state index contributed by atoms with van der Waals surface area (Å²) in [6, 6.07) is 1.98. The molecule has 82 valence electrons. The summed E-state index contributed by atoms with van der Waals surface area (Å²) in [4.78, 5) is 10.8. The fourth-order valence-corrected chi connectivity index (χ4v) is 1.46. The van der Waals surface area contributed by atoms with E-state index in [0.29, 0.717) is 10.0 Å². The monoisotopic (exact) mass is 281 g/mol. The second-order valence-electron chi connectivity index (χ2n) is 3.01. The van der Waals surface area contributed by atoms with Crippen LogP contribution in [0.3, 0.4) is 0 Å². The number of aryl methyl sites for hydroxylation is 1. The van der Waals surface area contributed by atoms with E-state index in [0.717, 1.165) is 12.1 Å². The molecular weight excluding hydrogens is 275 g/mol. The van der Waals surface area contributed by atoms with E-state index >= 15 is 0 Å². The Morgan fingerprint density at radius 3 is 2.33 bits per heavy atom. The average Bonchev–Trinajstić information content (AvgIpc) is 2.06. The highest BCUT2D eigenvalue weighted by Gasteiger charge is 2.35. The Morgan fingerprint density at radius 2 is 1.93 bits per heavy atom. The maximum absolute atomic E-state index is 12.5. The summed E-state index contributed by atoms with van der Waals surface area (Å²) >= 11 is 2.97. The summed E-state index contributed by atoms with van der Waals surface area (Å²) in [5.74, 6) is -1.09. The van der Waals surface area contributed by atoms with Gasteiger partial charge in [-0.15, -0.1) is 0 Å². The second-order valence-corrected chi connectivity index (χ2v) is 3.86. The van der Waals surface area contributed by atoms with Crippen LogP contribution in [0.5, 0.6) is 0 Å². The summed E-state index contributed by atoms with van der Waals surface area (Å²) in [7, 11) is 0. The number of nitrogens with two attached hydrogens (primary N) is 1. The van der Waals surface area contributed by atoms with E-state index in [4.69, 9.17) is 5.73 Å². The first-order chi connectivity index (χ1) is 6.73. The molecule has 0 atom stereocenters. The molecule has 1 aromatic rings. The van der Waals surface area contributed by atoms with Gasteiger partial charge in [0.1, 0.15) is 0 Å². The van der Waals surface area contributed by atoms with Crippen molar-refractivity contribution in [3.63, 3.8) is 0 Å². The van der Waals surface area contributed by atoms with Crippen molar-refractivity contribution in [2.24, 2.45) is 5.73 Å². The number of hydrogen-bond donors (Lipinski definition) is 1. The molecule has 0 bridgehead atoms. The van der Waals surface area contributed by atoms with Crippen molar-refractivity contribution in [2.75, 3.05) is 0 Å². The minimum absolute atomic E-state index is 0.292. The Kier molecular flexibility index (Phi) is 3.08.